The van der Waals surface area contributed by atoms with Gasteiger partial charge in [-0.2, -0.15) is 5.26 Å². The van der Waals surface area contributed by atoms with Gasteiger partial charge in [-0.15, -0.1) is 11.6 Å². The summed E-state index contributed by atoms with van der Waals surface area (Å²) >= 11 is 5.56. The Labute approximate surface area is 146 Å². The molecule has 0 saturated carbocycles. The Kier molecular flexibility index (Phi) is 6.89. The molecule has 0 atom stereocenters. The number of nitriles is 1. The van der Waals surface area contributed by atoms with Crippen molar-refractivity contribution in [1.29, 1.82) is 5.26 Å². The van der Waals surface area contributed by atoms with E-state index >= 15 is 0 Å². The summed E-state index contributed by atoms with van der Waals surface area (Å²) in [6.45, 7) is 3.33. The van der Waals surface area contributed by atoms with Crippen molar-refractivity contribution in [2.75, 3.05) is 43.5 Å². The zero-order valence-electron chi connectivity index (χ0n) is 13.3. The lowest BCUT2D eigenvalue weighted by molar-refractivity contribution is -0.117. The van der Waals surface area contributed by atoms with E-state index in [1.807, 2.05) is 11.0 Å². The predicted octanol–water partition coefficient (Wildman–Crippen LogP) is 2.10. The molecule has 24 heavy (non-hydrogen) atoms. The maximum atomic E-state index is 13.0. The van der Waals surface area contributed by atoms with E-state index in [4.69, 9.17) is 16.9 Å². The lowest BCUT2D eigenvalue weighted by atomic mass is 10.2. The van der Waals surface area contributed by atoms with Gasteiger partial charge in [-0.1, -0.05) is 0 Å². The fraction of sp³-hybridized carbons (Fsp3) is 0.412. The van der Waals surface area contributed by atoms with E-state index < -0.39 is 0 Å². The van der Waals surface area contributed by atoms with Gasteiger partial charge < -0.3 is 15.1 Å². The molecule has 1 aromatic rings. The average molecular weight is 351 g/mol. The van der Waals surface area contributed by atoms with E-state index in [1.165, 1.54) is 12.1 Å². The number of rotatable bonds is 6. The number of nitrogens with zero attached hydrogens (tertiary/aromatic N) is 3. The monoisotopic (exact) mass is 350 g/mol. The summed E-state index contributed by atoms with van der Waals surface area (Å²) in [5, 5.41) is 11.8. The van der Waals surface area contributed by atoms with Crippen LogP contribution in [0.25, 0.3) is 0 Å². The molecular formula is C17H20ClFN4O. The van der Waals surface area contributed by atoms with Crippen LogP contribution in [0.5, 0.6) is 0 Å². The van der Waals surface area contributed by atoms with Gasteiger partial charge in [-0.25, -0.2) is 4.39 Å². The molecular weight excluding hydrogens is 331 g/mol. The number of hydrogen-bond acceptors (Lipinski definition) is 4. The van der Waals surface area contributed by atoms with Crippen LogP contribution in [0.15, 0.2) is 36.0 Å². The highest BCUT2D eigenvalue weighted by Crippen LogP contribution is 2.17. The molecule has 1 fully saturated rings. The highest BCUT2D eigenvalue weighted by Gasteiger charge is 2.17. The Morgan fingerprint density at radius 3 is 2.54 bits per heavy atom. The number of amides is 1. The summed E-state index contributed by atoms with van der Waals surface area (Å²) in [5.74, 6) is -0.153. The van der Waals surface area contributed by atoms with Gasteiger partial charge in [-0.05, 0) is 30.7 Å². The first-order valence-electron chi connectivity index (χ1n) is 7.84. The van der Waals surface area contributed by atoms with Crippen LogP contribution in [0.1, 0.15) is 6.42 Å². The van der Waals surface area contributed by atoms with Crippen LogP contribution < -0.4 is 10.2 Å². The van der Waals surface area contributed by atoms with Crippen molar-refractivity contribution in [2.24, 2.45) is 0 Å². The molecule has 1 aliphatic rings. The first-order valence-corrected chi connectivity index (χ1v) is 8.38. The number of nitrogens with one attached hydrogen (secondary N) is 1. The lowest BCUT2D eigenvalue weighted by Gasteiger charge is -2.35. The molecule has 0 bridgehead atoms. The number of hydrogen-bond donors (Lipinski definition) is 1. The maximum absolute atomic E-state index is 13.0. The molecule has 1 heterocycles. The Morgan fingerprint density at radius 1 is 1.29 bits per heavy atom. The van der Waals surface area contributed by atoms with E-state index in [9.17, 15) is 9.18 Å². The predicted molar refractivity (Wildman–Crippen MR) is 92.2 cm³/mol. The molecule has 128 valence electrons. The number of alkyl halides is 1. The van der Waals surface area contributed by atoms with Crippen LogP contribution in [0.2, 0.25) is 0 Å². The van der Waals surface area contributed by atoms with Crippen LogP contribution in [0, 0.1) is 17.1 Å². The largest absolute Gasteiger partial charge is 0.373 e. The molecule has 5 nitrogen and oxygen atoms in total. The zero-order valence-corrected chi connectivity index (χ0v) is 14.1. The number of benzene rings is 1. The summed E-state index contributed by atoms with van der Waals surface area (Å²) in [7, 11) is 0. The zero-order chi connectivity index (χ0) is 17.4. The Morgan fingerprint density at radius 2 is 1.96 bits per heavy atom. The van der Waals surface area contributed by atoms with Crippen molar-refractivity contribution in [1.82, 2.24) is 10.2 Å². The summed E-state index contributed by atoms with van der Waals surface area (Å²) in [4.78, 5) is 16.0. The third-order valence-corrected chi connectivity index (χ3v) is 4.05. The quantitative estimate of drug-likeness (QED) is 0.369. The highest BCUT2D eigenvalue weighted by molar-refractivity contribution is 6.17. The Bertz CT molecular complexity index is 618. The minimum Gasteiger partial charge on any atom is -0.373 e. The van der Waals surface area contributed by atoms with Crippen LogP contribution in [-0.4, -0.2) is 49.4 Å². The van der Waals surface area contributed by atoms with Gasteiger partial charge in [0.15, 0.2) is 0 Å². The smallest absolute Gasteiger partial charge is 0.263 e. The first kappa shape index (κ1) is 18.1. The third kappa shape index (κ3) is 5.14. The summed E-state index contributed by atoms with van der Waals surface area (Å²) < 4.78 is 13.0. The Hall–Kier alpha value is -2.26. The standard InChI is InChI=1S/C17H20ClFN4O/c18-6-1-7-21-17(24)14(12-20)13-22-8-10-23(11-9-22)16-4-2-15(19)3-5-16/h2-5,13H,1,6-11H2,(H,21,24)/b14-13-. The molecule has 1 aromatic carbocycles. The summed E-state index contributed by atoms with van der Waals surface area (Å²) in [6, 6.07) is 8.35. The highest BCUT2D eigenvalue weighted by atomic mass is 35.5. The van der Waals surface area contributed by atoms with E-state index in [1.54, 1.807) is 18.3 Å². The maximum Gasteiger partial charge on any atom is 0.263 e. The summed E-state index contributed by atoms with van der Waals surface area (Å²) in [5.41, 5.74) is 1.07. The summed E-state index contributed by atoms with van der Waals surface area (Å²) in [6.07, 6.45) is 2.28. The van der Waals surface area contributed by atoms with Gasteiger partial charge in [0, 0.05) is 50.5 Å². The molecule has 1 N–H and O–H groups in total. The number of piperazine rings is 1. The van der Waals surface area contributed by atoms with Gasteiger partial charge in [0.25, 0.3) is 5.91 Å². The van der Waals surface area contributed by atoms with E-state index in [0.717, 1.165) is 18.8 Å². The van der Waals surface area contributed by atoms with Crippen LogP contribution >= 0.6 is 11.6 Å². The van der Waals surface area contributed by atoms with E-state index in [2.05, 4.69) is 10.2 Å². The topological polar surface area (TPSA) is 59.4 Å². The molecule has 1 aliphatic heterocycles. The van der Waals surface area contributed by atoms with Crippen LogP contribution in [-0.2, 0) is 4.79 Å². The minimum atomic E-state index is -0.372. The second kappa shape index (κ2) is 9.14. The fourth-order valence-corrected chi connectivity index (χ4v) is 2.58. The Balaban J connectivity index is 1.89. The van der Waals surface area contributed by atoms with E-state index in [0.29, 0.717) is 31.9 Å². The van der Waals surface area contributed by atoms with Crippen molar-refractivity contribution < 1.29 is 9.18 Å². The number of halogens is 2. The van der Waals surface area contributed by atoms with Crippen LogP contribution in [0.4, 0.5) is 10.1 Å². The lowest BCUT2D eigenvalue weighted by Crippen LogP contribution is -2.44. The molecule has 0 spiro atoms. The van der Waals surface area contributed by atoms with E-state index in [-0.39, 0.29) is 17.3 Å². The average Bonchev–Trinajstić information content (AvgIpc) is 2.61. The third-order valence-electron chi connectivity index (χ3n) is 3.78. The minimum absolute atomic E-state index is 0.0970. The number of carbonyl (C=O) groups is 1. The van der Waals surface area contributed by atoms with Gasteiger partial charge in [-0.3, -0.25) is 4.79 Å². The van der Waals surface area contributed by atoms with Crippen molar-refractivity contribution in [2.45, 2.75) is 6.42 Å². The van der Waals surface area contributed by atoms with Gasteiger partial charge in [0.1, 0.15) is 17.5 Å². The molecule has 0 aromatic heterocycles. The number of carbonyl (C=O) groups excluding carboxylic acids is 1. The second-order valence-electron chi connectivity index (χ2n) is 5.45. The molecule has 0 aliphatic carbocycles. The SMILES string of the molecule is N#C/C(=C/N1CCN(c2ccc(F)cc2)CC1)C(=O)NCCCCl. The fourth-order valence-electron chi connectivity index (χ4n) is 2.45. The normalized spacial score (nSPS) is 15.1. The van der Waals surface area contributed by atoms with Crippen molar-refractivity contribution in [3.8, 4) is 6.07 Å². The van der Waals surface area contributed by atoms with Crippen LogP contribution in [0.3, 0.4) is 0 Å². The molecule has 0 radical (unpaired) electrons. The van der Waals surface area contributed by atoms with Gasteiger partial charge in [0.05, 0.1) is 0 Å². The second-order valence-corrected chi connectivity index (χ2v) is 5.83. The van der Waals surface area contributed by atoms with Gasteiger partial charge in [0.2, 0.25) is 0 Å². The van der Waals surface area contributed by atoms with Gasteiger partial charge >= 0.3 is 0 Å². The molecule has 7 heteroatoms. The first-order chi connectivity index (χ1) is 11.6. The van der Waals surface area contributed by atoms with Crippen molar-refractivity contribution in [3.63, 3.8) is 0 Å². The molecule has 1 amide bonds. The number of anilines is 1. The molecule has 1 saturated heterocycles. The van der Waals surface area contributed by atoms with Crippen molar-refractivity contribution >= 4 is 23.2 Å². The molecule has 0 unspecified atom stereocenters. The van der Waals surface area contributed by atoms with Crippen molar-refractivity contribution in [3.05, 3.63) is 41.9 Å². The molecule has 2 rings (SSSR count).